The maximum Gasteiger partial charge on any atom is 0.416 e. The molecule has 0 fully saturated rings. The number of methoxy groups -OCH3 is 1. The van der Waals surface area contributed by atoms with Gasteiger partial charge in [0.1, 0.15) is 11.4 Å². The number of ether oxygens (including phenoxy) is 2. The van der Waals surface area contributed by atoms with Crippen LogP contribution >= 0.6 is 22.9 Å². The first-order valence-corrected chi connectivity index (χ1v) is 8.58. The highest BCUT2D eigenvalue weighted by atomic mass is 35.5. The van der Waals surface area contributed by atoms with Crippen LogP contribution in [-0.2, 0) is 25.2 Å². The average Bonchev–Trinajstić information content (AvgIpc) is 2.94. The molecule has 0 spiro atoms. The molecule has 2 aromatic rings. The average molecular weight is 424 g/mol. The summed E-state index contributed by atoms with van der Waals surface area (Å²) in [5, 5.41) is 2.42. The number of nitrogens with one attached hydrogen (secondary N) is 1. The Morgan fingerprint density at radius 1 is 1.30 bits per heavy atom. The highest BCUT2D eigenvalue weighted by Gasteiger charge is 2.31. The van der Waals surface area contributed by atoms with E-state index in [9.17, 15) is 27.6 Å². The van der Waals surface area contributed by atoms with E-state index in [2.05, 4.69) is 10.1 Å². The molecule has 1 heterocycles. The number of esters is 2. The molecule has 27 heavy (non-hydrogen) atoms. The van der Waals surface area contributed by atoms with E-state index in [0.29, 0.717) is 0 Å². The van der Waals surface area contributed by atoms with Crippen molar-refractivity contribution in [1.29, 1.82) is 0 Å². The van der Waals surface area contributed by atoms with Gasteiger partial charge in [0.2, 0.25) is 0 Å². The van der Waals surface area contributed by atoms with Gasteiger partial charge in [0.15, 0.2) is 6.10 Å². The molecule has 0 aliphatic rings. The van der Waals surface area contributed by atoms with Crippen LogP contribution in [0.3, 0.4) is 0 Å². The first-order valence-electron chi connectivity index (χ1n) is 7.39. The van der Waals surface area contributed by atoms with Crippen LogP contribution in [0.25, 0.3) is 10.1 Å². The van der Waals surface area contributed by atoms with Crippen molar-refractivity contribution < 1.29 is 37.0 Å². The van der Waals surface area contributed by atoms with Crippen molar-refractivity contribution in [1.82, 2.24) is 5.32 Å². The number of alkyl halides is 3. The first-order chi connectivity index (χ1) is 12.5. The summed E-state index contributed by atoms with van der Waals surface area (Å²) in [6.45, 7) is 0.870. The Kier molecular flexibility index (Phi) is 6.32. The second-order valence-electron chi connectivity index (χ2n) is 5.30. The van der Waals surface area contributed by atoms with Crippen molar-refractivity contribution in [2.45, 2.75) is 19.2 Å². The van der Waals surface area contributed by atoms with Crippen LogP contribution in [0.2, 0.25) is 5.02 Å². The van der Waals surface area contributed by atoms with Gasteiger partial charge in [0.25, 0.3) is 5.91 Å². The molecule has 0 aliphatic heterocycles. The number of halogens is 4. The van der Waals surface area contributed by atoms with Crippen LogP contribution in [0.15, 0.2) is 18.2 Å². The normalized spacial score (nSPS) is 12.5. The van der Waals surface area contributed by atoms with Gasteiger partial charge in [-0.15, -0.1) is 11.3 Å². The summed E-state index contributed by atoms with van der Waals surface area (Å²) in [6, 6.07) is 2.91. The number of carbonyl (C=O) groups is 3. The molecule has 0 aliphatic carbocycles. The molecule has 0 saturated heterocycles. The summed E-state index contributed by atoms with van der Waals surface area (Å²) in [7, 11) is 1.14. The summed E-state index contributed by atoms with van der Waals surface area (Å²) in [5.74, 6) is -2.39. The number of fused-ring (bicyclic) bond motifs is 1. The lowest BCUT2D eigenvalue weighted by Gasteiger charge is -2.12. The van der Waals surface area contributed by atoms with Crippen LogP contribution in [0.5, 0.6) is 0 Å². The summed E-state index contributed by atoms with van der Waals surface area (Å²) in [6.07, 6.45) is -5.79. The van der Waals surface area contributed by atoms with Crippen LogP contribution in [0, 0.1) is 0 Å². The highest BCUT2D eigenvalue weighted by molar-refractivity contribution is 7.21. The topological polar surface area (TPSA) is 81.7 Å². The SMILES string of the molecule is COC(=O)CNC(=O)[C@@H](C)OC(=O)c1sc2cc(C(F)(F)F)ccc2c1Cl. The van der Waals surface area contributed by atoms with Crippen molar-refractivity contribution in [3.8, 4) is 0 Å². The van der Waals surface area contributed by atoms with Crippen molar-refractivity contribution >= 4 is 50.9 Å². The number of carbonyl (C=O) groups excluding carboxylic acids is 3. The third-order valence-corrected chi connectivity index (χ3v) is 5.07. The van der Waals surface area contributed by atoms with E-state index in [1.54, 1.807) is 0 Å². The van der Waals surface area contributed by atoms with Gasteiger partial charge in [-0.1, -0.05) is 17.7 Å². The minimum Gasteiger partial charge on any atom is -0.468 e. The Bertz CT molecular complexity index is 896. The predicted molar refractivity (Wildman–Crippen MR) is 91.7 cm³/mol. The molecule has 2 rings (SSSR count). The van der Waals surface area contributed by atoms with E-state index in [-0.39, 0.29) is 20.0 Å². The van der Waals surface area contributed by atoms with Gasteiger partial charge in [0.05, 0.1) is 17.7 Å². The van der Waals surface area contributed by atoms with E-state index in [0.717, 1.165) is 30.6 Å². The van der Waals surface area contributed by atoms with Crippen molar-refractivity contribution in [3.63, 3.8) is 0 Å². The Balaban J connectivity index is 2.16. The van der Waals surface area contributed by atoms with Gasteiger partial charge in [-0.25, -0.2) is 4.79 Å². The zero-order valence-corrected chi connectivity index (χ0v) is 15.6. The predicted octanol–water partition coefficient (Wildman–Crippen LogP) is 3.41. The van der Waals surface area contributed by atoms with Gasteiger partial charge in [-0.05, 0) is 19.1 Å². The van der Waals surface area contributed by atoms with Gasteiger partial charge in [-0.2, -0.15) is 13.2 Å². The smallest absolute Gasteiger partial charge is 0.416 e. The van der Waals surface area contributed by atoms with Gasteiger partial charge in [0, 0.05) is 10.1 Å². The van der Waals surface area contributed by atoms with Gasteiger partial charge < -0.3 is 14.8 Å². The van der Waals surface area contributed by atoms with E-state index in [1.165, 1.54) is 13.0 Å². The largest absolute Gasteiger partial charge is 0.468 e. The van der Waals surface area contributed by atoms with Crippen molar-refractivity contribution in [2.24, 2.45) is 0 Å². The molecule has 1 aromatic carbocycles. The fraction of sp³-hybridized carbons (Fsp3) is 0.312. The van der Waals surface area contributed by atoms with Crippen molar-refractivity contribution in [2.75, 3.05) is 13.7 Å². The molecule has 1 amide bonds. The first kappa shape index (κ1) is 21.0. The molecule has 0 radical (unpaired) electrons. The molecule has 0 unspecified atom stereocenters. The van der Waals surface area contributed by atoms with E-state index >= 15 is 0 Å². The van der Waals surface area contributed by atoms with Crippen molar-refractivity contribution in [3.05, 3.63) is 33.7 Å². The molecular weight excluding hydrogens is 411 g/mol. The number of benzene rings is 1. The minimum absolute atomic E-state index is 0.0594. The van der Waals surface area contributed by atoms with E-state index < -0.39 is 42.2 Å². The molecule has 1 aromatic heterocycles. The standard InChI is InChI=1S/C16H13ClF3NO5S/c1-7(14(23)21-6-11(22)25-2)26-15(24)13-12(17)9-4-3-8(16(18,19)20)5-10(9)27-13/h3-5,7H,6H2,1-2H3,(H,21,23)/t7-/m1/s1. The third kappa shape index (κ3) is 4.89. The number of amides is 1. The fourth-order valence-corrected chi connectivity index (χ4v) is 3.45. The number of hydrogen-bond acceptors (Lipinski definition) is 6. The lowest BCUT2D eigenvalue weighted by atomic mass is 10.1. The molecule has 146 valence electrons. The second kappa shape index (κ2) is 8.13. The molecule has 11 heteroatoms. The van der Waals surface area contributed by atoms with Crippen LogP contribution in [0.1, 0.15) is 22.2 Å². The monoisotopic (exact) mass is 423 g/mol. The van der Waals surface area contributed by atoms with Crippen LogP contribution in [-0.4, -0.2) is 37.6 Å². The molecule has 6 nitrogen and oxygen atoms in total. The van der Waals surface area contributed by atoms with E-state index in [1.807, 2.05) is 0 Å². The Labute approximate surface area is 160 Å². The summed E-state index contributed by atoms with van der Waals surface area (Å²) in [5.41, 5.74) is -0.872. The zero-order chi connectivity index (χ0) is 20.4. The third-order valence-electron chi connectivity index (χ3n) is 3.43. The number of thiophene rings is 1. The molecule has 0 saturated carbocycles. The lowest BCUT2D eigenvalue weighted by Crippen LogP contribution is -2.38. The summed E-state index contributed by atoms with van der Waals surface area (Å²) in [4.78, 5) is 34.9. The van der Waals surface area contributed by atoms with Gasteiger partial charge >= 0.3 is 18.1 Å². The molecular formula is C16H13ClF3NO5S. The number of rotatable bonds is 5. The van der Waals surface area contributed by atoms with Crippen LogP contribution < -0.4 is 5.32 Å². The Morgan fingerprint density at radius 3 is 2.56 bits per heavy atom. The van der Waals surface area contributed by atoms with Crippen LogP contribution in [0.4, 0.5) is 13.2 Å². The summed E-state index contributed by atoms with van der Waals surface area (Å²) >= 11 is 6.80. The van der Waals surface area contributed by atoms with Gasteiger partial charge in [-0.3, -0.25) is 9.59 Å². The quantitative estimate of drug-likeness (QED) is 0.745. The highest BCUT2D eigenvalue weighted by Crippen LogP contribution is 2.39. The second-order valence-corrected chi connectivity index (χ2v) is 6.73. The fourth-order valence-electron chi connectivity index (χ4n) is 2.02. The maximum atomic E-state index is 12.8. The lowest BCUT2D eigenvalue weighted by molar-refractivity contribution is -0.142. The molecule has 1 N–H and O–H groups in total. The Hall–Kier alpha value is -2.33. The maximum absolute atomic E-state index is 12.8. The Morgan fingerprint density at radius 2 is 1.96 bits per heavy atom. The van der Waals surface area contributed by atoms with E-state index in [4.69, 9.17) is 16.3 Å². The zero-order valence-electron chi connectivity index (χ0n) is 14.0. The molecule has 1 atom stereocenters. The molecule has 0 bridgehead atoms. The number of hydrogen-bond donors (Lipinski definition) is 1. The summed E-state index contributed by atoms with van der Waals surface area (Å²) < 4.78 is 47.9. The minimum atomic E-state index is -4.53.